The molecule has 3 heterocycles. The van der Waals surface area contributed by atoms with Crippen molar-refractivity contribution in [1.82, 2.24) is 25.7 Å². The number of H-pyrrole nitrogens is 1. The summed E-state index contributed by atoms with van der Waals surface area (Å²) in [6.07, 6.45) is 0.852. The van der Waals surface area contributed by atoms with Gasteiger partial charge in [-0.05, 0) is 26.0 Å². The Morgan fingerprint density at radius 2 is 1.96 bits per heavy atom. The second-order valence-electron chi connectivity index (χ2n) is 6.20. The van der Waals surface area contributed by atoms with E-state index in [1.54, 1.807) is 0 Å². The number of benzene rings is 1. The summed E-state index contributed by atoms with van der Waals surface area (Å²) in [6.45, 7) is 5.65. The van der Waals surface area contributed by atoms with Gasteiger partial charge >= 0.3 is 0 Å². The van der Waals surface area contributed by atoms with Crippen LogP contribution in [0.15, 0.2) is 18.2 Å². The van der Waals surface area contributed by atoms with E-state index in [1.807, 2.05) is 0 Å². The van der Waals surface area contributed by atoms with E-state index in [-0.39, 0.29) is 18.3 Å². The van der Waals surface area contributed by atoms with Crippen LogP contribution >= 0.6 is 23.7 Å². The molecule has 1 aliphatic heterocycles. The van der Waals surface area contributed by atoms with Crippen LogP contribution in [0.3, 0.4) is 0 Å². The number of amides is 1. The zero-order valence-corrected chi connectivity index (χ0v) is 16.1. The van der Waals surface area contributed by atoms with E-state index in [1.165, 1.54) is 22.5 Å². The molecule has 136 valence electrons. The largest absolute Gasteiger partial charge is 0.312 e. The number of aromatic amines is 1. The van der Waals surface area contributed by atoms with Crippen molar-refractivity contribution >= 4 is 34.8 Å². The van der Waals surface area contributed by atoms with Gasteiger partial charge in [0.1, 0.15) is 5.01 Å². The number of hydrogen-bond donors (Lipinski definition) is 3. The van der Waals surface area contributed by atoms with E-state index < -0.39 is 0 Å². The fourth-order valence-electron chi connectivity index (χ4n) is 3.06. The number of anilines is 1. The van der Waals surface area contributed by atoms with Gasteiger partial charge in [0.05, 0.1) is 0 Å². The molecule has 4 rings (SSSR count). The molecule has 0 aliphatic carbocycles. The third kappa shape index (κ3) is 3.62. The molecule has 0 atom stereocenters. The number of hydrogen-bond acceptors (Lipinski definition) is 6. The molecule has 0 saturated heterocycles. The number of aryl methyl sites for hydroxylation is 2. The third-order valence-electron chi connectivity index (χ3n) is 4.14. The second-order valence-corrected chi connectivity index (χ2v) is 7.18. The number of carbonyl (C=O) groups is 1. The minimum absolute atomic E-state index is 0. The molecular formula is C17H19ClN6OS. The molecule has 1 aromatic carbocycles. The first-order valence-corrected chi connectivity index (χ1v) is 8.92. The summed E-state index contributed by atoms with van der Waals surface area (Å²) < 4.78 is 0. The van der Waals surface area contributed by atoms with Gasteiger partial charge in [0.15, 0.2) is 5.69 Å². The Balaban J connectivity index is 0.00000196. The van der Waals surface area contributed by atoms with Gasteiger partial charge in [-0.2, -0.15) is 5.10 Å². The summed E-state index contributed by atoms with van der Waals surface area (Å²) in [5.41, 5.74) is 5.74. The second kappa shape index (κ2) is 7.53. The lowest BCUT2D eigenvalue weighted by atomic mass is 10.1. The Morgan fingerprint density at radius 1 is 1.19 bits per heavy atom. The average Bonchev–Trinajstić information content (AvgIpc) is 3.20. The SMILES string of the molecule is Cc1cc(C)cc(-c2nnc(NC(=O)c3n[nH]c4c3CNCC4)s2)c1.Cl. The Labute approximate surface area is 161 Å². The first kappa shape index (κ1) is 18.5. The fourth-order valence-corrected chi connectivity index (χ4v) is 3.78. The number of aromatic nitrogens is 4. The Bertz CT molecular complexity index is 930. The van der Waals surface area contributed by atoms with E-state index in [9.17, 15) is 4.79 Å². The first-order chi connectivity index (χ1) is 12.1. The van der Waals surface area contributed by atoms with Crippen LogP contribution in [-0.2, 0) is 13.0 Å². The lowest BCUT2D eigenvalue weighted by molar-refractivity contribution is 0.102. The van der Waals surface area contributed by atoms with E-state index in [0.29, 0.717) is 17.4 Å². The van der Waals surface area contributed by atoms with Crippen LogP contribution in [-0.4, -0.2) is 32.8 Å². The first-order valence-electron chi connectivity index (χ1n) is 8.10. The van der Waals surface area contributed by atoms with Crippen molar-refractivity contribution in [2.24, 2.45) is 0 Å². The lowest BCUT2D eigenvalue weighted by Crippen LogP contribution is -2.25. The molecule has 7 nitrogen and oxygen atoms in total. The molecule has 0 saturated carbocycles. The van der Waals surface area contributed by atoms with Crippen molar-refractivity contribution in [3.63, 3.8) is 0 Å². The summed E-state index contributed by atoms with van der Waals surface area (Å²) in [6, 6.07) is 6.24. The van der Waals surface area contributed by atoms with E-state index in [2.05, 4.69) is 63.1 Å². The molecular weight excluding hydrogens is 372 g/mol. The smallest absolute Gasteiger partial charge is 0.278 e. The van der Waals surface area contributed by atoms with Crippen LogP contribution in [0.1, 0.15) is 32.9 Å². The molecule has 0 bridgehead atoms. The maximum atomic E-state index is 12.5. The van der Waals surface area contributed by atoms with Gasteiger partial charge in [0.25, 0.3) is 5.91 Å². The van der Waals surface area contributed by atoms with Gasteiger partial charge in [-0.3, -0.25) is 15.2 Å². The molecule has 1 aliphatic rings. The highest BCUT2D eigenvalue weighted by Crippen LogP contribution is 2.28. The summed E-state index contributed by atoms with van der Waals surface area (Å²) in [5, 5.41) is 22.7. The number of halogens is 1. The molecule has 3 aromatic rings. The fraction of sp³-hybridized carbons (Fsp3) is 0.294. The van der Waals surface area contributed by atoms with Crippen LogP contribution in [0.4, 0.5) is 5.13 Å². The van der Waals surface area contributed by atoms with Gasteiger partial charge in [-0.15, -0.1) is 22.6 Å². The summed E-state index contributed by atoms with van der Waals surface area (Å²) in [5.74, 6) is -0.260. The summed E-state index contributed by atoms with van der Waals surface area (Å²) >= 11 is 1.36. The predicted molar refractivity (Wildman–Crippen MR) is 104 cm³/mol. The van der Waals surface area contributed by atoms with Gasteiger partial charge in [-0.1, -0.05) is 28.5 Å². The Morgan fingerprint density at radius 3 is 2.73 bits per heavy atom. The number of rotatable bonds is 3. The van der Waals surface area contributed by atoms with E-state index in [4.69, 9.17) is 0 Å². The van der Waals surface area contributed by atoms with Crippen molar-refractivity contribution in [2.75, 3.05) is 11.9 Å². The maximum Gasteiger partial charge on any atom is 0.278 e. The van der Waals surface area contributed by atoms with Crippen LogP contribution in [0.25, 0.3) is 10.6 Å². The van der Waals surface area contributed by atoms with Crippen molar-refractivity contribution in [3.05, 3.63) is 46.3 Å². The van der Waals surface area contributed by atoms with Crippen LogP contribution in [0, 0.1) is 13.8 Å². The summed E-state index contributed by atoms with van der Waals surface area (Å²) in [4.78, 5) is 12.5. The number of nitrogens with zero attached hydrogens (tertiary/aromatic N) is 3. The van der Waals surface area contributed by atoms with Crippen LogP contribution < -0.4 is 10.6 Å². The number of carbonyl (C=O) groups excluding carboxylic acids is 1. The maximum absolute atomic E-state index is 12.5. The average molecular weight is 391 g/mol. The van der Waals surface area contributed by atoms with Gasteiger partial charge in [0, 0.05) is 36.3 Å². The molecule has 1 amide bonds. The minimum atomic E-state index is -0.260. The molecule has 9 heteroatoms. The Hall–Kier alpha value is -2.29. The highest BCUT2D eigenvalue weighted by molar-refractivity contribution is 7.18. The highest BCUT2D eigenvalue weighted by Gasteiger charge is 2.22. The molecule has 0 spiro atoms. The molecule has 3 N–H and O–H groups in total. The summed E-state index contributed by atoms with van der Waals surface area (Å²) in [7, 11) is 0. The van der Waals surface area contributed by atoms with Gasteiger partial charge in [0.2, 0.25) is 5.13 Å². The normalized spacial score (nSPS) is 13.0. The number of fused-ring (bicyclic) bond motifs is 1. The van der Waals surface area contributed by atoms with Gasteiger partial charge < -0.3 is 5.32 Å². The minimum Gasteiger partial charge on any atom is -0.312 e. The van der Waals surface area contributed by atoms with Crippen molar-refractivity contribution in [1.29, 1.82) is 0 Å². The topological polar surface area (TPSA) is 95.6 Å². The zero-order valence-electron chi connectivity index (χ0n) is 14.4. The molecule has 0 radical (unpaired) electrons. The standard InChI is InChI=1S/C17H18N6OS.ClH/c1-9-5-10(2)7-11(6-9)16-22-23-17(25-16)19-15(24)14-12-8-18-4-3-13(12)20-21-14;/h5-7,18H,3-4,8H2,1-2H3,(H,20,21)(H,19,23,24);1H. The Kier molecular flexibility index (Phi) is 5.36. The predicted octanol–water partition coefficient (Wildman–Crippen LogP) is 2.86. The van der Waals surface area contributed by atoms with Crippen molar-refractivity contribution in [2.45, 2.75) is 26.8 Å². The molecule has 0 unspecified atom stereocenters. The lowest BCUT2D eigenvalue weighted by Gasteiger charge is -2.12. The van der Waals surface area contributed by atoms with Crippen molar-refractivity contribution < 1.29 is 4.79 Å². The van der Waals surface area contributed by atoms with Crippen LogP contribution in [0.2, 0.25) is 0 Å². The highest BCUT2D eigenvalue weighted by atomic mass is 35.5. The third-order valence-corrected chi connectivity index (χ3v) is 5.02. The van der Waals surface area contributed by atoms with Crippen LogP contribution in [0.5, 0.6) is 0 Å². The molecule has 2 aromatic heterocycles. The molecule has 0 fully saturated rings. The van der Waals surface area contributed by atoms with Crippen molar-refractivity contribution in [3.8, 4) is 10.6 Å². The van der Waals surface area contributed by atoms with Gasteiger partial charge in [-0.25, -0.2) is 0 Å². The van der Waals surface area contributed by atoms with E-state index >= 15 is 0 Å². The quantitative estimate of drug-likeness (QED) is 0.639. The van der Waals surface area contributed by atoms with E-state index in [0.717, 1.165) is 34.8 Å². The zero-order chi connectivity index (χ0) is 17.4. The monoisotopic (exact) mass is 390 g/mol. The number of nitrogens with one attached hydrogen (secondary N) is 3. The molecule has 26 heavy (non-hydrogen) atoms.